The lowest BCUT2D eigenvalue weighted by atomic mass is 9.99. The number of thiophene rings is 2. The van der Waals surface area contributed by atoms with Crippen molar-refractivity contribution in [1.82, 2.24) is 20.3 Å². The van der Waals surface area contributed by atoms with Crippen LogP contribution in [0.25, 0.3) is 21.5 Å². The molecule has 4 rings (SSSR count). The van der Waals surface area contributed by atoms with E-state index in [2.05, 4.69) is 87.8 Å². The number of hydrogen-bond acceptors (Lipinski definition) is 8. The molecule has 0 amide bonds. The minimum absolute atomic E-state index is 0.529. The number of rotatable bonds is 6. The van der Waals surface area contributed by atoms with Crippen LogP contribution in [-0.2, 0) is 0 Å². The third kappa shape index (κ3) is 7.35. The summed E-state index contributed by atoms with van der Waals surface area (Å²) in [6.07, 6.45) is 0. The van der Waals surface area contributed by atoms with Gasteiger partial charge in [0, 0.05) is 9.75 Å². The van der Waals surface area contributed by atoms with E-state index in [1.165, 1.54) is 20.9 Å². The van der Waals surface area contributed by atoms with E-state index in [0.29, 0.717) is 47.1 Å². The second-order valence-corrected chi connectivity index (χ2v) is 11.9. The zero-order chi connectivity index (χ0) is 27.2. The number of aryl methyl sites for hydroxylation is 2. The first-order chi connectivity index (χ1) is 17.0. The molecule has 0 fully saturated rings. The SMILES string of the molecule is CC.Cc1noc(-c2cc(C(C)C)c(C(C)C)s2)n1.Cc1noc(-c2cc(C(C)C)c(C(C)C)s2)n1. The van der Waals surface area contributed by atoms with Crippen LogP contribution in [0.1, 0.15) is 125 Å². The molecular weight excluding hydrogens is 488 g/mol. The monoisotopic (exact) mass is 530 g/mol. The summed E-state index contributed by atoms with van der Waals surface area (Å²) in [5.41, 5.74) is 2.80. The summed E-state index contributed by atoms with van der Waals surface area (Å²) in [6, 6.07) is 4.38. The summed E-state index contributed by atoms with van der Waals surface area (Å²) in [7, 11) is 0. The summed E-state index contributed by atoms with van der Waals surface area (Å²) in [5, 5.41) is 7.68. The molecule has 0 aliphatic carbocycles. The first-order valence-electron chi connectivity index (χ1n) is 12.9. The van der Waals surface area contributed by atoms with Gasteiger partial charge in [0.1, 0.15) is 0 Å². The van der Waals surface area contributed by atoms with Crippen molar-refractivity contribution >= 4 is 22.7 Å². The van der Waals surface area contributed by atoms with Crippen LogP contribution in [0.2, 0.25) is 0 Å². The molecule has 0 saturated heterocycles. The first kappa shape index (κ1) is 29.9. The van der Waals surface area contributed by atoms with Crippen LogP contribution in [0.5, 0.6) is 0 Å². The molecule has 0 aromatic carbocycles. The van der Waals surface area contributed by atoms with Crippen LogP contribution in [0.4, 0.5) is 0 Å². The largest absolute Gasteiger partial charge is 0.333 e. The average molecular weight is 531 g/mol. The summed E-state index contributed by atoms with van der Waals surface area (Å²) < 4.78 is 10.5. The van der Waals surface area contributed by atoms with Gasteiger partial charge in [-0.2, -0.15) is 9.97 Å². The van der Waals surface area contributed by atoms with E-state index in [0.717, 1.165) is 9.75 Å². The maximum atomic E-state index is 5.23. The first-order valence-corrected chi connectivity index (χ1v) is 14.5. The Balaban J connectivity index is 0.000000237. The minimum Gasteiger partial charge on any atom is -0.333 e. The quantitative estimate of drug-likeness (QED) is 0.247. The molecular formula is C28H42N4O2S2. The predicted molar refractivity (Wildman–Crippen MR) is 152 cm³/mol. The van der Waals surface area contributed by atoms with E-state index < -0.39 is 0 Å². The lowest BCUT2D eigenvalue weighted by Gasteiger charge is -2.08. The molecule has 4 heterocycles. The molecule has 0 aliphatic rings. The highest BCUT2D eigenvalue weighted by molar-refractivity contribution is 7.16. The van der Waals surface area contributed by atoms with Crippen LogP contribution in [0.3, 0.4) is 0 Å². The van der Waals surface area contributed by atoms with Crippen molar-refractivity contribution in [2.45, 2.75) is 107 Å². The van der Waals surface area contributed by atoms with Crippen LogP contribution < -0.4 is 0 Å². The molecule has 6 nitrogen and oxygen atoms in total. The highest BCUT2D eigenvalue weighted by atomic mass is 32.1. The van der Waals surface area contributed by atoms with E-state index in [1.54, 1.807) is 22.7 Å². The lowest BCUT2D eigenvalue weighted by Crippen LogP contribution is -1.91. The van der Waals surface area contributed by atoms with Gasteiger partial charge in [0.2, 0.25) is 0 Å². The van der Waals surface area contributed by atoms with Crippen LogP contribution in [0.15, 0.2) is 21.2 Å². The van der Waals surface area contributed by atoms with Crippen molar-refractivity contribution in [1.29, 1.82) is 0 Å². The Labute approximate surface area is 224 Å². The van der Waals surface area contributed by atoms with Gasteiger partial charge in [-0.25, -0.2) is 0 Å². The van der Waals surface area contributed by atoms with E-state index >= 15 is 0 Å². The molecule has 8 heteroatoms. The van der Waals surface area contributed by atoms with Gasteiger partial charge in [-0.15, -0.1) is 22.7 Å². The van der Waals surface area contributed by atoms with Gasteiger partial charge in [-0.05, 0) is 60.8 Å². The smallest absolute Gasteiger partial charge is 0.267 e. The zero-order valence-electron chi connectivity index (χ0n) is 23.9. The van der Waals surface area contributed by atoms with Gasteiger partial charge in [0.05, 0.1) is 9.75 Å². The predicted octanol–water partition coefficient (Wildman–Crippen LogP) is 9.73. The molecule has 198 valence electrons. The molecule has 4 aromatic heterocycles. The van der Waals surface area contributed by atoms with Crippen LogP contribution >= 0.6 is 22.7 Å². The molecule has 0 bridgehead atoms. The topological polar surface area (TPSA) is 77.8 Å². The van der Waals surface area contributed by atoms with Crippen molar-refractivity contribution in [3.8, 4) is 21.5 Å². The van der Waals surface area contributed by atoms with Crippen molar-refractivity contribution in [2.24, 2.45) is 0 Å². The third-order valence-corrected chi connectivity index (χ3v) is 8.23. The maximum absolute atomic E-state index is 5.23. The zero-order valence-corrected chi connectivity index (χ0v) is 25.5. The maximum Gasteiger partial charge on any atom is 0.267 e. The average Bonchev–Trinajstić information content (AvgIpc) is 3.60. The Bertz CT molecular complexity index is 1070. The molecule has 0 spiro atoms. The van der Waals surface area contributed by atoms with Crippen molar-refractivity contribution in [3.05, 3.63) is 44.7 Å². The van der Waals surface area contributed by atoms with Crippen molar-refractivity contribution < 1.29 is 9.05 Å². The van der Waals surface area contributed by atoms with Crippen molar-refractivity contribution in [2.75, 3.05) is 0 Å². The van der Waals surface area contributed by atoms with Gasteiger partial charge < -0.3 is 9.05 Å². The third-order valence-electron chi connectivity index (χ3n) is 5.35. The fraction of sp³-hybridized carbons (Fsp3) is 0.571. The highest BCUT2D eigenvalue weighted by Crippen LogP contribution is 2.39. The summed E-state index contributed by atoms with van der Waals surface area (Å²) in [6.45, 7) is 25.4. The molecule has 0 N–H and O–H groups in total. The van der Waals surface area contributed by atoms with Crippen LogP contribution in [0, 0.1) is 13.8 Å². The number of hydrogen-bond donors (Lipinski definition) is 0. The Morgan fingerprint density at radius 2 is 0.917 bits per heavy atom. The molecule has 0 unspecified atom stereocenters. The Hall–Kier alpha value is -2.32. The summed E-state index contributed by atoms with van der Waals surface area (Å²) in [4.78, 5) is 13.6. The summed E-state index contributed by atoms with van der Waals surface area (Å²) in [5.74, 6) is 4.78. The Morgan fingerprint density at radius 1 is 0.583 bits per heavy atom. The summed E-state index contributed by atoms with van der Waals surface area (Å²) >= 11 is 3.53. The molecule has 0 aliphatic heterocycles. The van der Waals surface area contributed by atoms with Gasteiger partial charge in [0.25, 0.3) is 11.8 Å². The van der Waals surface area contributed by atoms with Gasteiger partial charge >= 0.3 is 0 Å². The molecule has 36 heavy (non-hydrogen) atoms. The standard InChI is InChI=1S/2C13H18N2OS.C2H6/c2*1-7(2)10-6-11(17-12(10)8(3)4)13-14-9(5)15-16-13;1-2/h2*6-8H,1-5H3;1-2H3. The molecule has 0 atom stereocenters. The van der Waals surface area contributed by atoms with Gasteiger partial charge in [0.15, 0.2) is 11.6 Å². The van der Waals surface area contributed by atoms with E-state index in [9.17, 15) is 0 Å². The number of aromatic nitrogens is 4. The fourth-order valence-electron chi connectivity index (χ4n) is 3.65. The second-order valence-electron chi connectivity index (χ2n) is 9.77. The molecule has 0 radical (unpaired) electrons. The Kier molecular flexibility index (Phi) is 11.0. The minimum atomic E-state index is 0.529. The lowest BCUT2D eigenvalue weighted by molar-refractivity contribution is 0.426. The van der Waals surface area contributed by atoms with Crippen molar-refractivity contribution in [3.63, 3.8) is 0 Å². The second kappa shape index (κ2) is 13.3. The highest BCUT2D eigenvalue weighted by Gasteiger charge is 2.19. The fourth-order valence-corrected chi connectivity index (χ4v) is 6.13. The Morgan fingerprint density at radius 3 is 1.11 bits per heavy atom. The normalized spacial score (nSPS) is 11.2. The van der Waals surface area contributed by atoms with Gasteiger partial charge in [-0.1, -0.05) is 79.6 Å². The van der Waals surface area contributed by atoms with Gasteiger partial charge in [-0.3, -0.25) is 0 Å². The number of nitrogens with zero attached hydrogens (tertiary/aromatic N) is 4. The van der Waals surface area contributed by atoms with E-state index in [4.69, 9.17) is 9.05 Å². The van der Waals surface area contributed by atoms with E-state index in [1.807, 2.05) is 27.7 Å². The van der Waals surface area contributed by atoms with Crippen LogP contribution in [-0.4, -0.2) is 20.3 Å². The molecule has 4 aromatic rings. The molecule has 0 saturated carbocycles. The van der Waals surface area contributed by atoms with E-state index in [-0.39, 0.29) is 0 Å².